The summed E-state index contributed by atoms with van der Waals surface area (Å²) in [5, 5.41) is 3.44. The van der Waals surface area contributed by atoms with Crippen LogP contribution in [0.25, 0.3) is 0 Å². The Morgan fingerprint density at radius 3 is 2.72 bits per heavy atom. The second-order valence-electron chi connectivity index (χ2n) is 5.77. The fourth-order valence-electron chi connectivity index (χ4n) is 3.95. The van der Waals surface area contributed by atoms with E-state index >= 15 is 0 Å². The van der Waals surface area contributed by atoms with Crippen molar-refractivity contribution in [1.29, 1.82) is 0 Å². The highest BCUT2D eigenvalue weighted by Gasteiger charge is 2.50. The second-order valence-corrected chi connectivity index (χ2v) is 5.77. The molecule has 0 aliphatic carbocycles. The van der Waals surface area contributed by atoms with Gasteiger partial charge in [0.25, 0.3) is 0 Å². The Kier molecular flexibility index (Phi) is 2.90. The third kappa shape index (κ3) is 1.61. The van der Waals surface area contributed by atoms with Gasteiger partial charge in [-0.3, -0.25) is 19.4 Å². The number of fused-ring (bicyclic) bond motifs is 1. The van der Waals surface area contributed by atoms with Gasteiger partial charge in [-0.05, 0) is 31.3 Å². The van der Waals surface area contributed by atoms with Gasteiger partial charge in [0.2, 0.25) is 11.8 Å². The Hall–Kier alpha value is -0.940. The maximum atomic E-state index is 12.1. The molecule has 3 heterocycles. The van der Waals surface area contributed by atoms with Crippen molar-refractivity contribution in [2.45, 2.75) is 31.8 Å². The highest BCUT2D eigenvalue weighted by molar-refractivity contribution is 6.05. The van der Waals surface area contributed by atoms with E-state index in [9.17, 15) is 9.59 Å². The molecule has 3 saturated heterocycles. The predicted molar refractivity (Wildman–Crippen MR) is 66.8 cm³/mol. The van der Waals surface area contributed by atoms with Gasteiger partial charge in [-0.2, -0.15) is 0 Å². The molecule has 2 amide bonds. The summed E-state index contributed by atoms with van der Waals surface area (Å²) in [4.78, 5) is 27.4. The van der Waals surface area contributed by atoms with Crippen LogP contribution in [-0.2, 0) is 9.59 Å². The predicted octanol–water partition coefficient (Wildman–Crippen LogP) is -0.326. The van der Waals surface area contributed by atoms with Crippen molar-refractivity contribution in [1.82, 2.24) is 15.1 Å². The molecule has 100 valence electrons. The van der Waals surface area contributed by atoms with Gasteiger partial charge in [0.15, 0.2) is 0 Å². The van der Waals surface area contributed by atoms with Crippen LogP contribution in [0.4, 0.5) is 0 Å². The van der Waals surface area contributed by atoms with E-state index in [4.69, 9.17) is 0 Å². The van der Waals surface area contributed by atoms with Crippen LogP contribution in [0.1, 0.15) is 19.8 Å². The highest BCUT2D eigenvalue weighted by atomic mass is 16.2. The van der Waals surface area contributed by atoms with Gasteiger partial charge in [-0.25, -0.2) is 0 Å². The van der Waals surface area contributed by atoms with Crippen molar-refractivity contribution in [2.75, 3.05) is 26.7 Å². The van der Waals surface area contributed by atoms with E-state index in [-0.39, 0.29) is 17.9 Å². The maximum Gasteiger partial charge on any atom is 0.246 e. The molecule has 0 bridgehead atoms. The molecule has 0 aromatic carbocycles. The number of likely N-dealkylation sites (tertiary alicyclic amines) is 2. The van der Waals surface area contributed by atoms with Crippen molar-refractivity contribution in [3.63, 3.8) is 0 Å². The summed E-state index contributed by atoms with van der Waals surface area (Å²) in [6.45, 7) is 5.27. The van der Waals surface area contributed by atoms with Crippen molar-refractivity contribution < 1.29 is 9.59 Å². The third-order valence-electron chi connectivity index (χ3n) is 4.93. The second kappa shape index (κ2) is 4.31. The molecule has 0 saturated carbocycles. The smallest absolute Gasteiger partial charge is 0.246 e. The average Bonchev–Trinajstić information content (AvgIpc) is 2.98. The quantitative estimate of drug-likeness (QED) is 0.683. The van der Waals surface area contributed by atoms with Gasteiger partial charge in [-0.15, -0.1) is 0 Å². The lowest BCUT2D eigenvalue weighted by molar-refractivity contribution is -0.138. The first-order chi connectivity index (χ1) is 8.63. The van der Waals surface area contributed by atoms with Crippen molar-refractivity contribution in [2.24, 2.45) is 11.8 Å². The van der Waals surface area contributed by atoms with Crippen LogP contribution in [0.5, 0.6) is 0 Å². The number of rotatable bonds is 2. The molecular weight excluding hydrogens is 230 g/mol. The van der Waals surface area contributed by atoms with Crippen molar-refractivity contribution >= 4 is 11.8 Å². The summed E-state index contributed by atoms with van der Waals surface area (Å²) in [5.41, 5.74) is 0. The Morgan fingerprint density at radius 2 is 2.11 bits per heavy atom. The number of imide groups is 1. The van der Waals surface area contributed by atoms with E-state index in [1.165, 1.54) is 4.90 Å². The molecular formula is C13H21N3O2. The fourth-order valence-corrected chi connectivity index (χ4v) is 3.95. The van der Waals surface area contributed by atoms with Gasteiger partial charge in [-0.1, -0.05) is 6.92 Å². The van der Waals surface area contributed by atoms with Gasteiger partial charge >= 0.3 is 0 Å². The molecule has 3 fully saturated rings. The molecule has 5 heteroatoms. The zero-order valence-electron chi connectivity index (χ0n) is 11.1. The zero-order chi connectivity index (χ0) is 12.9. The monoisotopic (exact) mass is 251 g/mol. The third-order valence-corrected chi connectivity index (χ3v) is 4.93. The van der Waals surface area contributed by atoms with Gasteiger partial charge in [0, 0.05) is 19.6 Å². The molecule has 0 aromatic heterocycles. The lowest BCUT2D eigenvalue weighted by Gasteiger charge is -2.30. The summed E-state index contributed by atoms with van der Waals surface area (Å²) in [6, 6.07) is 0.260. The Bertz CT molecular complexity index is 384. The molecule has 0 radical (unpaired) electrons. The number of hydrogen-bond acceptors (Lipinski definition) is 4. The van der Waals surface area contributed by atoms with E-state index in [0.717, 1.165) is 26.1 Å². The maximum absolute atomic E-state index is 12.1. The summed E-state index contributed by atoms with van der Waals surface area (Å²) in [7, 11) is 1.60. The van der Waals surface area contributed by atoms with Crippen LogP contribution in [-0.4, -0.2) is 60.4 Å². The molecule has 3 aliphatic rings. The number of nitrogens with zero attached hydrogens (tertiary/aromatic N) is 2. The lowest BCUT2D eigenvalue weighted by Crippen LogP contribution is -2.46. The van der Waals surface area contributed by atoms with Crippen molar-refractivity contribution in [3.05, 3.63) is 0 Å². The molecule has 3 aliphatic heterocycles. The van der Waals surface area contributed by atoms with E-state index in [1.54, 1.807) is 7.05 Å². The average molecular weight is 251 g/mol. The molecule has 18 heavy (non-hydrogen) atoms. The number of amides is 2. The highest BCUT2D eigenvalue weighted by Crippen LogP contribution is 2.37. The van der Waals surface area contributed by atoms with Crippen LogP contribution in [0.2, 0.25) is 0 Å². The Labute approximate surface area is 107 Å². The Balaban J connectivity index is 1.80. The standard InChI is InChI=1S/C13H21N3O2/c1-3-10-9-6-14-5-8(9)7-16(10)11-4-12(17)15(2)13(11)18/h8-11,14H,3-7H2,1-2H3. The minimum absolute atomic E-state index is 0.00798. The minimum Gasteiger partial charge on any atom is -0.316 e. The first-order valence-electron chi connectivity index (χ1n) is 6.90. The van der Waals surface area contributed by atoms with Crippen LogP contribution in [0.15, 0.2) is 0 Å². The molecule has 0 aromatic rings. The zero-order valence-corrected chi connectivity index (χ0v) is 11.1. The van der Waals surface area contributed by atoms with Gasteiger partial charge < -0.3 is 5.32 Å². The van der Waals surface area contributed by atoms with E-state index in [1.807, 2.05) is 0 Å². The molecule has 5 nitrogen and oxygen atoms in total. The SMILES string of the molecule is CCC1C2CNCC2CN1C1CC(=O)N(C)C1=O. The van der Waals surface area contributed by atoms with Gasteiger partial charge in [0.05, 0.1) is 12.5 Å². The number of carbonyl (C=O) groups is 2. The molecule has 4 atom stereocenters. The van der Waals surface area contributed by atoms with Crippen molar-refractivity contribution in [3.8, 4) is 0 Å². The number of likely N-dealkylation sites (N-methyl/N-ethyl adjacent to an activating group) is 1. The van der Waals surface area contributed by atoms with E-state index < -0.39 is 0 Å². The van der Waals surface area contributed by atoms with Gasteiger partial charge in [0.1, 0.15) is 0 Å². The van der Waals surface area contributed by atoms with Crippen LogP contribution in [0, 0.1) is 11.8 Å². The van der Waals surface area contributed by atoms with Crippen LogP contribution < -0.4 is 5.32 Å². The molecule has 4 unspecified atom stereocenters. The summed E-state index contributed by atoms with van der Waals surface area (Å²) in [5.74, 6) is 1.27. The lowest BCUT2D eigenvalue weighted by atomic mass is 9.92. The normalized spacial score (nSPS) is 40.9. The number of nitrogens with one attached hydrogen (secondary N) is 1. The summed E-state index contributed by atoms with van der Waals surface area (Å²) >= 11 is 0. The van der Waals surface area contributed by atoms with Crippen LogP contribution in [0.3, 0.4) is 0 Å². The molecule has 1 N–H and O–H groups in total. The fraction of sp³-hybridized carbons (Fsp3) is 0.846. The summed E-state index contributed by atoms with van der Waals surface area (Å²) in [6.07, 6.45) is 1.43. The van der Waals surface area contributed by atoms with E-state index in [2.05, 4.69) is 17.1 Å². The molecule has 0 spiro atoms. The number of hydrogen-bond donors (Lipinski definition) is 1. The minimum atomic E-state index is -0.196. The topological polar surface area (TPSA) is 52.7 Å². The first kappa shape index (κ1) is 12.1. The number of carbonyl (C=O) groups excluding carboxylic acids is 2. The van der Waals surface area contributed by atoms with E-state index in [0.29, 0.717) is 24.3 Å². The molecule has 3 rings (SSSR count). The Morgan fingerprint density at radius 1 is 1.33 bits per heavy atom. The largest absolute Gasteiger partial charge is 0.316 e. The first-order valence-corrected chi connectivity index (χ1v) is 6.90. The summed E-state index contributed by atoms with van der Waals surface area (Å²) < 4.78 is 0. The van der Waals surface area contributed by atoms with Crippen LogP contribution >= 0.6 is 0 Å².